The van der Waals surface area contributed by atoms with Crippen LogP contribution in [0.15, 0.2) is 16.6 Å². The third-order valence-corrected chi connectivity index (χ3v) is 4.03. The van der Waals surface area contributed by atoms with E-state index >= 15 is 0 Å². The molecule has 0 fully saturated rings. The van der Waals surface area contributed by atoms with Crippen molar-refractivity contribution in [2.45, 2.75) is 32.2 Å². The summed E-state index contributed by atoms with van der Waals surface area (Å²) in [6, 6.07) is 3.89. The Morgan fingerprint density at radius 2 is 1.76 bits per heavy atom. The zero-order valence-electron chi connectivity index (χ0n) is 10.8. The van der Waals surface area contributed by atoms with Crippen molar-refractivity contribution in [2.24, 2.45) is 5.73 Å². The molecule has 4 heteroatoms. The number of hydrogen-bond acceptors (Lipinski definition) is 3. The summed E-state index contributed by atoms with van der Waals surface area (Å²) in [5.41, 5.74) is 7.06. The topological polar surface area (TPSA) is 44.5 Å². The molecule has 1 aromatic rings. The van der Waals surface area contributed by atoms with Crippen LogP contribution in [0.4, 0.5) is 0 Å². The van der Waals surface area contributed by atoms with Gasteiger partial charge in [-0.2, -0.15) is 0 Å². The summed E-state index contributed by atoms with van der Waals surface area (Å²) >= 11 is 3.50. The lowest BCUT2D eigenvalue weighted by Crippen LogP contribution is -2.35. The molecule has 0 saturated heterocycles. The van der Waals surface area contributed by atoms with Gasteiger partial charge in [-0.05, 0) is 40.9 Å². The average Bonchev–Trinajstić information content (AvgIpc) is 2.37. The van der Waals surface area contributed by atoms with Crippen molar-refractivity contribution >= 4 is 15.9 Å². The second-order valence-electron chi connectivity index (χ2n) is 4.03. The predicted molar refractivity (Wildman–Crippen MR) is 73.7 cm³/mol. The Labute approximate surface area is 111 Å². The van der Waals surface area contributed by atoms with Crippen LogP contribution in [0, 0.1) is 0 Å². The van der Waals surface area contributed by atoms with Gasteiger partial charge < -0.3 is 15.2 Å². The molecule has 0 aliphatic carbocycles. The van der Waals surface area contributed by atoms with Crippen molar-refractivity contribution in [1.82, 2.24) is 0 Å². The Hall–Kier alpha value is -0.740. The lowest BCUT2D eigenvalue weighted by atomic mass is 9.85. The van der Waals surface area contributed by atoms with Crippen molar-refractivity contribution < 1.29 is 9.47 Å². The van der Waals surface area contributed by atoms with E-state index in [1.807, 2.05) is 12.1 Å². The van der Waals surface area contributed by atoms with Gasteiger partial charge in [-0.3, -0.25) is 0 Å². The Balaban J connectivity index is 3.39. The fourth-order valence-electron chi connectivity index (χ4n) is 1.92. The number of hydrogen-bond donors (Lipinski definition) is 1. The van der Waals surface area contributed by atoms with Crippen LogP contribution in [-0.2, 0) is 5.54 Å². The first-order chi connectivity index (χ1) is 8.03. The van der Waals surface area contributed by atoms with Crippen molar-refractivity contribution in [3.63, 3.8) is 0 Å². The summed E-state index contributed by atoms with van der Waals surface area (Å²) in [6.45, 7) is 4.17. The van der Waals surface area contributed by atoms with Gasteiger partial charge in [-0.25, -0.2) is 0 Å². The fraction of sp³-hybridized carbons (Fsp3) is 0.538. The highest BCUT2D eigenvalue weighted by Gasteiger charge is 2.28. The molecule has 96 valence electrons. The summed E-state index contributed by atoms with van der Waals surface area (Å²) in [5, 5.41) is 0. The molecule has 0 heterocycles. The van der Waals surface area contributed by atoms with Crippen LogP contribution in [0.1, 0.15) is 32.3 Å². The lowest BCUT2D eigenvalue weighted by Gasteiger charge is -2.29. The van der Waals surface area contributed by atoms with E-state index in [0.29, 0.717) is 0 Å². The largest absolute Gasteiger partial charge is 0.495 e. The van der Waals surface area contributed by atoms with Gasteiger partial charge in [0, 0.05) is 11.1 Å². The highest BCUT2D eigenvalue weighted by atomic mass is 79.9. The van der Waals surface area contributed by atoms with Gasteiger partial charge in [0.1, 0.15) is 16.0 Å². The van der Waals surface area contributed by atoms with Gasteiger partial charge in [-0.15, -0.1) is 0 Å². The number of halogens is 1. The molecule has 1 aromatic carbocycles. The standard InChI is InChI=1S/C13H20BrNO2/c1-5-13(15,6-2)9-7-8-10(16-3)11(14)12(9)17-4/h7-8H,5-6,15H2,1-4H3. The third-order valence-electron chi connectivity index (χ3n) is 3.28. The molecule has 0 aliphatic heterocycles. The molecular weight excluding hydrogens is 282 g/mol. The first kappa shape index (κ1) is 14.3. The van der Waals surface area contributed by atoms with E-state index in [9.17, 15) is 0 Å². The van der Waals surface area contributed by atoms with Gasteiger partial charge in [0.2, 0.25) is 0 Å². The summed E-state index contributed by atoms with van der Waals surface area (Å²) < 4.78 is 11.5. The molecule has 3 nitrogen and oxygen atoms in total. The van der Waals surface area contributed by atoms with Crippen LogP contribution in [0.2, 0.25) is 0 Å². The predicted octanol–water partition coefficient (Wildman–Crippen LogP) is 3.44. The second kappa shape index (κ2) is 5.74. The summed E-state index contributed by atoms with van der Waals surface area (Å²) in [5.74, 6) is 1.51. The van der Waals surface area contributed by atoms with E-state index in [1.54, 1.807) is 14.2 Å². The van der Waals surface area contributed by atoms with E-state index in [2.05, 4.69) is 29.8 Å². The van der Waals surface area contributed by atoms with E-state index in [-0.39, 0.29) is 5.54 Å². The van der Waals surface area contributed by atoms with Crippen LogP contribution in [0.25, 0.3) is 0 Å². The molecule has 0 amide bonds. The maximum atomic E-state index is 6.41. The van der Waals surface area contributed by atoms with E-state index in [4.69, 9.17) is 15.2 Å². The smallest absolute Gasteiger partial charge is 0.141 e. The minimum atomic E-state index is -0.361. The summed E-state index contributed by atoms with van der Waals surface area (Å²) in [4.78, 5) is 0. The number of ether oxygens (including phenoxy) is 2. The molecule has 2 N–H and O–H groups in total. The van der Waals surface area contributed by atoms with Gasteiger partial charge in [0.15, 0.2) is 0 Å². The first-order valence-corrected chi connectivity index (χ1v) is 6.53. The number of benzene rings is 1. The van der Waals surface area contributed by atoms with Crippen molar-refractivity contribution in [2.75, 3.05) is 14.2 Å². The third kappa shape index (κ3) is 2.58. The Bertz CT molecular complexity index is 389. The van der Waals surface area contributed by atoms with Gasteiger partial charge >= 0.3 is 0 Å². The molecule has 0 saturated carbocycles. The van der Waals surface area contributed by atoms with Crippen molar-refractivity contribution in [3.8, 4) is 11.5 Å². The molecule has 0 atom stereocenters. The zero-order chi connectivity index (χ0) is 13.1. The van der Waals surface area contributed by atoms with Crippen LogP contribution < -0.4 is 15.2 Å². The second-order valence-corrected chi connectivity index (χ2v) is 4.82. The normalized spacial score (nSPS) is 11.4. The van der Waals surface area contributed by atoms with Crippen LogP contribution in [-0.4, -0.2) is 14.2 Å². The average molecular weight is 302 g/mol. The molecule has 0 aliphatic rings. The highest BCUT2D eigenvalue weighted by Crippen LogP contribution is 2.42. The van der Waals surface area contributed by atoms with Crippen LogP contribution in [0.3, 0.4) is 0 Å². The van der Waals surface area contributed by atoms with Crippen molar-refractivity contribution in [1.29, 1.82) is 0 Å². The summed E-state index contributed by atoms with van der Waals surface area (Å²) in [6.07, 6.45) is 1.72. The van der Waals surface area contributed by atoms with Crippen LogP contribution in [0.5, 0.6) is 11.5 Å². The fourth-order valence-corrected chi connectivity index (χ4v) is 2.59. The monoisotopic (exact) mass is 301 g/mol. The van der Waals surface area contributed by atoms with Crippen molar-refractivity contribution in [3.05, 3.63) is 22.2 Å². The molecule has 0 aromatic heterocycles. The number of nitrogens with two attached hydrogens (primary N) is 1. The maximum Gasteiger partial charge on any atom is 0.141 e. The Morgan fingerprint density at radius 1 is 1.18 bits per heavy atom. The SMILES string of the molecule is CCC(N)(CC)c1ccc(OC)c(Br)c1OC. The molecule has 0 radical (unpaired) electrons. The van der Waals surface area contributed by atoms with Gasteiger partial charge in [-0.1, -0.05) is 13.8 Å². The Kier molecular flexibility index (Phi) is 4.83. The van der Waals surface area contributed by atoms with Gasteiger partial charge in [0.05, 0.1) is 14.2 Å². The quantitative estimate of drug-likeness (QED) is 0.906. The molecular formula is C13H20BrNO2. The molecule has 0 spiro atoms. The van der Waals surface area contributed by atoms with Gasteiger partial charge in [0.25, 0.3) is 0 Å². The Morgan fingerprint density at radius 3 is 2.18 bits per heavy atom. The lowest BCUT2D eigenvalue weighted by molar-refractivity contribution is 0.353. The maximum absolute atomic E-state index is 6.41. The van der Waals surface area contributed by atoms with Crippen LogP contribution >= 0.6 is 15.9 Å². The van der Waals surface area contributed by atoms with E-state index < -0.39 is 0 Å². The minimum absolute atomic E-state index is 0.361. The molecule has 0 unspecified atom stereocenters. The number of methoxy groups -OCH3 is 2. The highest BCUT2D eigenvalue weighted by molar-refractivity contribution is 9.10. The molecule has 1 rings (SSSR count). The zero-order valence-corrected chi connectivity index (χ0v) is 12.4. The minimum Gasteiger partial charge on any atom is -0.495 e. The summed E-state index contributed by atoms with van der Waals surface area (Å²) in [7, 11) is 3.28. The van der Waals surface area contributed by atoms with E-state index in [0.717, 1.165) is 34.4 Å². The van der Waals surface area contributed by atoms with E-state index in [1.165, 1.54) is 0 Å². The molecule has 17 heavy (non-hydrogen) atoms. The number of rotatable bonds is 5. The first-order valence-electron chi connectivity index (χ1n) is 5.73. The molecule has 0 bridgehead atoms.